The first-order valence-electron chi connectivity index (χ1n) is 15.5. The van der Waals surface area contributed by atoms with E-state index in [1.807, 2.05) is 44.2 Å². The molecule has 0 unspecified atom stereocenters. The third-order valence-corrected chi connectivity index (χ3v) is 7.86. The van der Waals surface area contributed by atoms with E-state index in [1.54, 1.807) is 22.6 Å². The minimum Gasteiger partial charge on any atom is -0.368 e. The van der Waals surface area contributed by atoms with E-state index in [0.717, 1.165) is 5.56 Å². The molecule has 3 amide bonds. The van der Waals surface area contributed by atoms with Gasteiger partial charge in [-0.1, -0.05) is 64.4 Å². The van der Waals surface area contributed by atoms with Crippen molar-refractivity contribution in [2.24, 2.45) is 11.8 Å². The molecule has 12 heteroatoms. The van der Waals surface area contributed by atoms with Gasteiger partial charge in [-0.3, -0.25) is 14.4 Å². The Bertz CT molecular complexity index is 1440. The van der Waals surface area contributed by atoms with E-state index in [0.29, 0.717) is 68.6 Å². The Kier molecular flexibility index (Phi) is 11.0. The van der Waals surface area contributed by atoms with Crippen LogP contribution in [0, 0.1) is 18.8 Å². The van der Waals surface area contributed by atoms with Gasteiger partial charge < -0.3 is 21.3 Å². The van der Waals surface area contributed by atoms with Gasteiger partial charge in [-0.25, -0.2) is 19.6 Å². The summed E-state index contributed by atoms with van der Waals surface area (Å²) in [6.45, 7) is 10.8. The van der Waals surface area contributed by atoms with Gasteiger partial charge in [-0.2, -0.15) is 5.10 Å². The molecule has 3 aromatic rings. The number of nitrogens with two attached hydrogens (primary N) is 1. The molecule has 0 fully saturated rings. The van der Waals surface area contributed by atoms with Crippen molar-refractivity contribution < 1.29 is 14.4 Å². The minimum absolute atomic E-state index is 0.0535. The van der Waals surface area contributed by atoms with Crippen LogP contribution in [-0.2, 0) is 29.0 Å². The maximum Gasteiger partial charge on any atom is 0.272 e. The number of hydrogen-bond acceptors (Lipinski definition) is 8. The molecule has 3 heterocycles. The van der Waals surface area contributed by atoms with Gasteiger partial charge in [0.15, 0.2) is 0 Å². The molecule has 1 aliphatic rings. The quantitative estimate of drug-likeness (QED) is 0.371. The fourth-order valence-corrected chi connectivity index (χ4v) is 5.43. The maximum atomic E-state index is 13.8. The van der Waals surface area contributed by atoms with Gasteiger partial charge in [0.25, 0.3) is 5.91 Å². The second kappa shape index (κ2) is 14.9. The van der Waals surface area contributed by atoms with E-state index >= 15 is 0 Å². The Hall–Kier alpha value is -4.35. The first-order chi connectivity index (χ1) is 21.0. The van der Waals surface area contributed by atoms with Crippen molar-refractivity contribution in [3.8, 4) is 0 Å². The molecule has 0 saturated carbocycles. The zero-order valence-corrected chi connectivity index (χ0v) is 26.4. The van der Waals surface area contributed by atoms with Crippen LogP contribution < -0.4 is 16.4 Å². The van der Waals surface area contributed by atoms with Gasteiger partial charge in [0.05, 0.1) is 12.6 Å². The second-order valence-electron chi connectivity index (χ2n) is 12.0. The molecule has 0 saturated heterocycles. The van der Waals surface area contributed by atoms with Crippen LogP contribution in [0.1, 0.15) is 86.4 Å². The number of aromatic nitrogens is 5. The number of fused-ring (bicyclic) bond motifs is 1. The lowest BCUT2D eigenvalue weighted by Crippen LogP contribution is -2.51. The van der Waals surface area contributed by atoms with Gasteiger partial charge in [0.1, 0.15) is 23.4 Å². The first-order valence-corrected chi connectivity index (χ1v) is 15.5. The van der Waals surface area contributed by atoms with Crippen molar-refractivity contribution in [3.05, 3.63) is 65.0 Å². The predicted molar refractivity (Wildman–Crippen MR) is 167 cm³/mol. The smallest absolute Gasteiger partial charge is 0.272 e. The highest BCUT2D eigenvalue weighted by molar-refractivity contribution is 5.92. The Morgan fingerprint density at radius 3 is 2.50 bits per heavy atom. The number of nitrogens with one attached hydrogen (secondary N) is 2. The highest BCUT2D eigenvalue weighted by Gasteiger charge is 2.31. The lowest BCUT2D eigenvalue weighted by molar-refractivity contribution is -0.130. The molecule has 12 nitrogen and oxygen atoms in total. The molecule has 3 atom stereocenters. The number of carbonyl (C=O) groups is 3. The fourth-order valence-electron chi connectivity index (χ4n) is 5.43. The zero-order chi connectivity index (χ0) is 31.8. The Labute approximate surface area is 259 Å². The van der Waals surface area contributed by atoms with Crippen LogP contribution in [0.25, 0.3) is 0 Å². The molecule has 2 aromatic heterocycles. The third kappa shape index (κ3) is 8.61. The SMILES string of the molecule is CC[C@H](C)[C@@H]1NC(=O)CCCN(C(=O)c2cc(CC(C)C)nc(N)n2)CCn2nc(C)nc2[C@H](Cc2ccccc2)NC1=O. The number of amides is 3. The molecular formula is C32H45N9O3. The fraction of sp³-hybridized carbons (Fsp3) is 0.531. The van der Waals surface area contributed by atoms with Crippen molar-refractivity contribution in [2.45, 2.75) is 85.4 Å². The standard InChI is InChI=1S/C32H45N9O3/c1-6-21(4)28-30(43)36-25(18-23-11-8-7-9-12-23)29-34-22(5)39-41(29)16-15-40(14-10-13-27(42)38-28)31(44)26-19-24(17-20(2)3)35-32(33)37-26/h7-9,11-12,19-21,25,28H,6,10,13-18H2,1-5H3,(H,36,43)(H,38,42)(H2,33,35,37)/t21-,25-,28-/m0/s1. The van der Waals surface area contributed by atoms with Gasteiger partial charge in [-0.15, -0.1) is 0 Å². The van der Waals surface area contributed by atoms with Gasteiger partial charge in [-0.05, 0) is 49.7 Å². The number of hydrogen-bond donors (Lipinski definition) is 3. The number of rotatable bonds is 7. The maximum absolute atomic E-state index is 13.8. The third-order valence-electron chi connectivity index (χ3n) is 7.86. The van der Waals surface area contributed by atoms with Crippen LogP contribution in [0.4, 0.5) is 5.95 Å². The summed E-state index contributed by atoms with van der Waals surface area (Å²) in [7, 11) is 0. The van der Waals surface area contributed by atoms with Crippen molar-refractivity contribution in [2.75, 3.05) is 18.8 Å². The summed E-state index contributed by atoms with van der Waals surface area (Å²) < 4.78 is 1.77. The molecule has 4 rings (SSSR count). The molecule has 1 aromatic carbocycles. The lowest BCUT2D eigenvalue weighted by Gasteiger charge is -2.28. The summed E-state index contributed by atoms with van der Waals surface area (Å²) in [5.41, 5.74) is 7.95. The second-order valence-corrected chi connectivity index (χ2v) is 12.0. The van der Waals surface area contributed by atoms with Crippen molar-refractivity contribution in [1.82, 2.24) is 40.3 Å². The van der Waals surface area contributed by atoms with E-state index in [-0.39, 0.29) is 41.7 Å². The first kappa shape index (κ1) is 32.6. The molecule has 236 valence electrons. The summed E-state index contributed by atoms with van der Waals surface area (Å²) >= 11 is 0. The van der Waals surface area contributed by atoms with Crippen LogP contribution in [0.5, 0.6) is 0 Å². The Morgan fingerprint density at radius 1 is 1.05 bits per heavy atom. The van der Waals surface area contributed by atoms with Crippen LogP contribution in [0.15, 0.2) is 36.4 Å². The van der Waals surface area contributed by atoms with Crippen molar-refractivity contribution in [3.63, 3.8) is 0 Å². The normalized spacial score (nSPS) is 19.1. The summed E-state index contributed by atoms with van der Waals surface area (Å²) in [4.78, 5) is 55.6. The zero-order valence-electron chi connectivity index (χ0n) is 26.4. The van der Waals surface area contributed by atoms with E-state index < -0.39 is 12.1 Å². The van der Waals surface area contributed by atoms with E-state index in [2.05, 4.69) is 39.5 Å². The summed E-state index contributed by atoms with van der Waals surface area (Å²) in [6.07, 6.45) is 2.43. The molecule has 0 radical (unpaired) electrons. The molecule has 0 spiro atoms. The van der Waals surface area contributed by atoms with Crippen molar-refractivity contribution >= 4 is 23.7 Å². The topological polar surface area (TPSA) is 161 Å². The highest BCUT2D eigenvalue weighted by Crippen LogP contribution is 2.20. The number of nitrogens with zero attached hydrogens (tertiary/aromatic N) is 6. The van der Waals surface area contributed by atoms with Crippen molar-refractivity contribution in [1.29, 1.82) is 0 Å². The van der Waals surface area contributed by atoms with E-state index in [1.165, 1.54) is 0 Å². The largest absolute Gasteiger partial charge is 0.368 e. The number of anilines is 1. The molecule has 0 aliphatic carbocycles. The summed E-state index contributed by atoms with van der Waals surface area (Å²) in [6, 6.07) is 10.3. The van der Waals surface area contributed by atoms with Gasteiger partial charge >= 0.3 is 0 Å². The highest BCUT2D eigenvalue weighted by atomic mass is 16.2. The van der Waals surface area contributed by atoms with Gasteiger partial charge in [0, 0.05) is 25.2 Å². The van der Waals surface area contributed by atoms with E-state index in [9.17, 15) is 14.4 Å². The van der Waals surface area contributed by atoms with E-state index in [4.69, 9.17) is 10.7 Å². The van der Waals surface area contributed by atoms with Crippen LogP contribution in [0.3, 0.4) is 0 Å². The number of nitrogen functional groups attached to an aromatic ring is 1. The molecule has 4 N–H and O–H groups in total. The molecule has 0 bridgehead atoms. The average molecular weight is 604 g/mol. The number of carbonyl (C=O) groups excluding carboxylic acids is 3. The van der Waals surface area contributed by atoms with Crippen LogP contribution in [-0.4, -0.2) is 66.5 Å². The summed E-state index contributed by atoms with van der Waals surface area (Å²) in [5, 5.41) is 10.8. The van der Waals surface area contributed by atoms with Crippen LogP contribution >= 0.6 is 0 Å². The Morgan fingerprint density at radius 2 is 1.80 bits per heavy atom. The molecular weight excluding hydrogens is 558 g/mol. The van der Waals surface area contributed by atoms with Gasteiger partial charge in [0.2, 0.25) is 17.8 Å². The number of aryl methyl sites for hydroxylation is 1. The predicted octanol–water partition coefficient (Wildman–Crippen LogP) is 3.02. The average Bonchev–Trinajstić information content (AvgIpc) is 3.36. The Balaban J connectivity index is 1.70. The summed E-state index contributed by atoms with van der Waals surface area (Å²) in [5.74, 6) is 0.654. The number of benzene rings is 1. The minimum atomic E-state index is -0.715. The molecule has 1 aliphatic heterocycles. The van der Waals surface area contributed by atoms with Crippen LogP contribution in [0.2, 0.25) is 0 Å². The lowest BCUT2D eigenvalue weighted by atomic mass is 9.97. The molecule has 44 heavy (non-hydrogen) atoms. The monoisotopic (exact) mass is 603 g/mol.